The zero-order valence-electron chi connectivity index (χ0n) is 11.7. The molecule has 0 saturated carbocycles. The van der Waals surface area contributed by atoms with E-state index in [1.54, 1.807) is 12.5 Å². The van der Waals surface area contributed by atoms with Gasteiger partial charge in [-0.25, -0.2) is 4.98 Å². The Hall–Kier alpha value is -1.81. The van der Waals surface area contributed by atoms with Gasteiger partial charge in [0.2, 0.25) is 0 Å². The molecule has 0 saturated heterocycles. The number of benzene rings is 1. The normalized spacial score (nSPS) is 14.9. The minimum Gasteiger partial charge on any atom is -0.493 e. The van der Waals surface area contributed by atoms with Crippen molar-refractivity contribution in [2.24, 2.45) is 0 Å². The van der Waals surface area contributed by atoms with Crippen molar-refractivity contribution in [2.75, 3.05) is 6.61 Å². The van der Waals surface area contributed by atoms with Crippen molar-refractivity contribution in [1.29, 1.82) is 0 Å². The van der Waals surface area contributed by atoms with Gasteiger partial charge < -0.3 is 14.4 Å². The first kappa shape index (κ1) is 13.2. The fourth-order valence-electron chi connectivity index (χ4n) is 2.72. The number of rotatable bonds is 5. The summed E-state index contributed by atoms with van der Waals surface area (Å²) < 4.78 is 7.49. The van der Waals surface area contributed by atoms with Crippen LogP contribution in [0.4, 0.5) is 0 Å². The Morgan fingerprint density at radius 1 is 1.45 bits per heavy atom. The molecule has 1 aromatic heterocycles. The quantitative estimate of drug-likeness (QED) is 0.909. The van der Waals surface area contributed by atoms with Gasteiger partial charge in [0.25, 0.3) is 0 Å². The summed E-state index contributed by atoms with van der Waals surface area (Å²) in [4.78, 5) is 4.10. The number of aliphatic hydroxyl groups is 1. The Morgan fingerprint density at radius 2 is 2.35 bits per heavy atom. The summed E-state index contributed by atoms with van der Waals surface area (Å²) in [6.07, 6.45) is 5.64. The summed E-state index contributed by atoms with van der Waals surface area (Å²) in [5, 5.41) is 10.3. The number of aryl methyl sites for hydroxylation is 2. The van der Waals surface area contributed by atoms with Crippen LogP contribution in [0.15, 0.2) is 30.7 Å². The maximum Gasteiger partial charge on any atom is 0.122 e. The Kier molecular flexibility index (Phi) is 3.74. The van der Waals surface area contributed by atoms with Crippen molar-refractivity contribution >= 4 is 0 Å². The third-order valence-corrected chi connectivity index (χ3v) is 3.89. The van der Waals surface area contributed by atoms with Crippen molar-refractivity contribution in [1.82, 2.24) is 9.55 Å². The second-order valence-electron chi connectivity index (χ2n) is 5.20. The fourth-order valence-corrected chi connectivity index (χ4v) is 2.72. The molecule has 2 aromatic rings. The van der Waals surface area contributed by atoms with E-state index in [9.17, 15) is 5.11 Å². The van der Waals surface area contributed by atoms with Gasteiger partial charge in [-0.3, -0.25) is 0 Å². The van der Waals surface area contributed by atoms with E-state index in [1.165, 1.54) is 11.1 Å². The van der Waals surface area contributed by atoms with Gasteiger partial charge in [-0.1, -0.05) is 12.1 Å². The summed E-state index contributed by atoms with van der Waals surface area (Å²) >= 11 is 0. The van der Waals surface area contributed by atoms with E-state index < -0.39 is 6.10 Å². The maximum absolute atomic E-state index is 10.3. The van der Waals surface area contributed by atoms with E-state index >= 15 is 0 Å². The van der Waals surface area contributed by atoms with Crippen LogP contribution in [-0.2, 0) is 19.4 Å². The van der Waals surface area contributed by atoms with Crippen LogP contribution in [0.5, 0.6) is 5.75 Å². The van der Waals surface area contributed by atoms with Gasteiger partial charge in [-0.15, -0.1) is 0 Å². The molecule has 20 heavy (non-hydrogen) atoms. The fraction of sp³-hybridized carbons (Fsp3) is 0.438. The molecule has 1 aromatic carbocycles. The largest absolute Gasteiger partial charge is 0.493 e. The number of imidazole rings is 1. The monoisotopic (exact) mass is 272 g/mol. The first-order valence-corrected chi connectivity index (χ1v) is 7.20. The summed E-state index contributed by atoms with van der Waals surface area (Å²) in [5.74, 6) is 1.01. The predicted molar refractivity (Wildman–Crippen MR) is 76.8 cm³/mol. The van der Waals surface area contributed by atoms with Crippen molar-refractivity contribution in [3.05, 3.63) is 47.5 Å². The van der Waals surface area contributed by atoms with E-state index in [0.29, 0.717) is 6.42 Å². The molecule has 0 radical (unpaired) electrons. The lowest BCUT2D eigenvalue weighted by atomic mass is 10.0. The standard InChI is InChI=1S/C16H20N2O2/c1-2-18-11-17-10-14(18)15(19)5-3-12-4-6-16-13(9-12)7-8-20-16/h4,6,9-11,15,19H,2-3,5,7-8H2,1H3. The second-order valence-corrected chi connectivity index (χ2v) is 5.20. The molecular formula is C16H20N2O2. The molecule has 0 fully saturated rings. The van der Waals surface area contributed by atoms with Gasteiger partial charge in [0.1, 0.15) is 5.75 Å². The average Bonchev–Trinajstić information content (AvgIpc) is 3.12. The lowest BCUT2D eigenvalue weighted by Gasteiger charge is -2.13. The molecular weight excluding hydrogens is 252 g/mol. The van der Waals surface area contributed by atoms with E-state index in [0.717, 1.165) is 37.4 Å². The van der Waals surface area contributed by atoms with E-state index in [4.69, 9.17) is 4.74 Å². The van der Waals surface area contributed by atoms with Crippen LogP contribution in [0.25, 0.3) is 0 Å². The second kappa shape index (κ2) is 5.67. The van der Waals surface area contributed by atoms with Gasteiger partial charge in [-0.05, 0) is 37.0 Å². The molecule has 1 N–H and O–H groups in total. The zero-order valence-corrected chi connectivity index (χ0v) is 11.7. The molecule has 1 aliphatic rings. The highest BCUT2D eigenvalue weighted by molar-refractivity contribution is 5.39. The molecule has 0 amide bonds. The number of hydrogen-bond donors (Lipinski definition) is 1. The number of nitrogens with zero attached hydrogens (tertiary/aromatic N) is 2. The number of fused-ring (bicyclic) bond motifs is 1. The Labute approximate surface area is 119 Å². The summed E-state index contributed by atoms with van der Waals surface area (Å²) in [6.45, 7) is 3.68. The average molecular weight is 272 g/mol. The third kappa shape index (κ3) is 2.56. The molecule has 0 spiro atoms. The molecule has 1 atom stereocenters. The van der Waals surface area contributed by atoms with Crippen LogP contribution in [0.1, 0.15) is 36.3 Å². The predicted octanol–water partition coefficient (Wildman–Crippen LogP) is 2.50. The molecule has 0 aliphatic carbocycles. The number of hydrogen-bond acceptors (Lipinski definition) is 3. The van der Waals surface area contributed by atoms with Gasteiger partial charge in [0.15, 0.2) is 0 Å². The van der Waals surface area contributed by atoms with Crippen molar-refractivity contribution < 1.29 is 9.84 Å². The first-order valence-electron chi connectivity index (χ1n) is 7.20. The first-order chi connectivity index (χ1) is 9.78. The van der Waals surface area contributed by atoms with E-state index in [2.05, 4.69) is 24.0 Å². The van der Waals surface area contributed by atoms with Crippen LogP contribution in [0.2, 0.25) is 0 Å². The lowest BCUT2D eigenvalue weighted by Crippen LogP contribution is -2.07. The molecule has 106 valence electrons. The highest BCUT2D eigenvalue weighted by Crippen LogP contribution is 2.27. The highest BCUT2D eigenvalue weighted by Gasteiger charge is 2.15. The SMILES string of the molecule is CCn1cncc1C(O)CCc1ccc2c(c1)CCO2. The third-order valence-electron chi connectivity index (χ3n) is 3.89. The van der Waals surface area contributed by atoms with Gasteiger partial charge >= 0.3 is 0 Å². The number of aromatic nitrogens is 2. The summed E-state index contributed by atoms with van der Waals surface area (Å²) in [7, 11) is 0. The van der Waals surface area contributed by atoms with Crippen molar-refractivity contribution in [3.8, 4) is 5.75 Å². The molecule has 4 heteroatoms. The minimum absolute atomic E-state index is 0.457. The van der Waals surface area contributed by atoms with E-state index in [1.807, 2.05) is 10.6 Å². The Bertz CT molecular complexity index is 592. The van der Waals surface area contributed by atoms with Crippen molar-refractivity contribution in [2.45, 2.75) is 38.8 Å². The number of aliphatic hydroxyl groups excluding tert-OH is 1. The highest BCUT2D eigenvalue weighted by atomic mass is 16.5. The zero-order chi connectivity index (χ0) is 13.9. The molecule has 4 nitrogen and oxygen atoms in total. The van der Waals surface area contributed by atoms with E-state index in [-0.39, 0.29) is 0 Å². The van der Waals surface area contributed by atoms with Crippen LogP contribution in [-0.4, -0.2) is 21.3 Å². The maximum atomic E-state index is 10.3. The van der Waals surface area contributed by atoms with Gasteiger partial charge in [0.05, 0.1) is 30.9 Å². The minimum atomic E-state index is -0.457. The molecule has 1 unspecified atom stereocenters. The molecule has 1 aliphatic heterocycles. The molecule has 0 bridgehead atoms. The van der Waals surface area contributed by atoms with Gasteiger partial charge in [-0.2, -0.15) is 0 Å². The van der Waals surface area contributed by atoms with Gasteiger partial charge in [0, 0.05) is 13.0 Å². The van der Waals surface area contributed by atoms with Crippen LogP contribution in [0.3, 0.4) is 0 Å². The smallest absolute Gasteiger partial charge is 0.122 e. The molecule has 3 rings (SSSR count). The number of ether oxygens (including phenoxy) is 1. The summed E-state index contributed by atoms with van der Waals surface area (Å²) in [5.41, 5.74) is 3.45. The van der Waals surface area contributed by atoms with Crippen LogP contribution >= 0.6 is 0 Å². The Morgan fingerprint density at radius 3 is 3.20 bits per heavy atom. The summed E-state index contributed by atoms with van der Waals surface area (Å²) in [6, 6.07) is 6.33. The van der Waals surface area contributed by atoms with Crippen molar-refractivity contribution in [3.63, 3.8) is 0 Å². The molecule has 2 heterocycles. The Balaban J connectivity index is 1.64. The topological polar surface area (TPSA) is 47.3 Å². The van der Waals surface area contributed by atoms with Crippen LogP contribution in [0, 0.1) is 0 Å². The lowest BCUT2D eigenvalue weighted by molar-refractivity contribution is 0.158. The van der Waals surface area contributed by atoms with Crippen LogP contribution < -0.4 is 4.74 Å².